The average Bonchev–Trinajstić information content (AvgIpc) is 2.68. The number of Topliss-reactive ketones (excluding diaryl/α,β-unsaturated/α-hetero) is 1. The third-order valence-electron chi connectivity index (χ3n) is 4.20. The summed E-state index contributed by atoms with van der Waals surface area (Å²) in [5.74, 6) is 0.185. The molecule has 2 nitrogen and oxygen atoms in total. The lowest BCUT2D eigenvalue weighted by Gasteiger charge is -2.12. The van der Waals surface area contributed by atoms with Gasteiger partial charge in [-0.15, -0.1) is 0 Å². The van der Waals surface area contributed by atoms with Gasteiger partial charge >= 0.3 is 0 Å². The van der Waals surface area contributed by atoms with Crippen LogP contribution in [0.4, 0.5) is 5.69 Å². The zero-order chi connectivity index (χ0) is 15.5. The number of benzene rings is 2. The lowest BCUT2D eigenvalue weighted by atomic mass is 9.98. The van der Waals surface area contributed by atoms with Gasteiger partial charge in [0.25, 0.3) is 0 Å². The zero-order valence-electron chi connectivity index (χ0n) is 13.2. The van der Waals surface area contributed by atoms with Crippen LogP contribution in [0.2, 0.25) is 0 Å². The molecule has 0 fully saturated rings. The number of ketones is 1. The Hall–Kier alpha value is -2.35. The lowest BCUT2D eigenvalue weighted by Crippen LogP contribution is -2.08. The molecule has 0 aliphatic heterocycles. The molecule has 0 heterocycles. The van der Waals surface area contributed by atoms with Crippen LogP contribution in [-0.2, 0) is 6.42 Å². The minimum absolute atomic E-state index is 0.185. The van der Waals surface area contributed by atoms with Crippen LogP contribution in [0.15, 0.2) is 54.1 Å². The van der Waals surface area contributed by atoms with Gasteiger partial charge in [-0.1, -0.05) is 36.4 Å². The van der Waals surface area contributed by atoms with E-state index in [4.69, 9.17) is 0 Å². The molecule has 0 N–H and O–H groups in total. The monoisotopic (exact) mass is 291 g/mol. The molecule has 0 aromatic heterocycles. The van der Waals surface area contributed by atoms with Gasteiger partial charge in [0.05, 0.1) is 0 Å². The largest absolute Gasteiger partial charge is 0.378 e. The number of carbonyl (C=O) groups is 1. The summed E-state index contributed by atoms with van der Waals surface area (Å²) in [4.78, 5) is 14.8. The summed E-state index contributed by atoms with van der Waals surface area (Å²) < 4.78 is 0. The summed E-state index contributed by atoms with van der Waals surface area (Å²) in [7, 11) is 4.05. The maximum absolute atomic E-state index is 12.7. The van der Waals surface area contributed by atoms with Crippen molar-refractivity contribution in [2.24, 2.45) is 0 Å². The van der Waals surface area contributed by atoms with Gasteiger partial charge in [0.2, 0.25) is 0 Å². The Labute approximate surface area is 132 Å². The number of allylic oxidation sites excluding steroid dienone is 1. The average molecular weight is 291 g/mol. The Kier molecular flexibility index (Phi) is 4.10. The van der Waals surface area contributed by atoms with Crippen molar-refractivity contribution in [3.63, 3.8) is 0 Å². The summed E-state index contributed by atoms with van der Waals surface area (Å²) in [5, 5.41) is 0. The fraction of sp³-hybridized carbons (Fsp3) is 0.250. The second kappa shape index (κ2) is 6.18. The van der Waals surface area contributed by atoms with Gasteiger partial charge in [0.1, 0.15) is 0 Å². The second-order valence-electron chi connectivity index (χ2n) is 6.00. The molecule has 0 bridgehead atoms. The van der Waals surface area contributed by atoms with Crippen molar-refractivity contribution in [2.75, 3.05) is 19.0 Å². The number of rotatable bonds is 2. The Bertz CT molecular complexity index is 711. The molecule has 0 atom stereocenters. The Morgan fingerprint density at radius 2 is 1.68 bits per heavy atom. The number of aryl methyl sites for hydroxylation is 1. The van der Waals surface area contributed by atoms with Crippen LogP contribution in [0.25, 0.3) is 6.08 Å². The summed E-state index contributed by atoms with van der Waals surface area (Å²) >= 11 is 0. The van der Waals surface area contributed by atoms with Crippen LogP contribution in [0, 0.1) is 0 Å². The van der Waals surface area contributed by atoms with Crippen molar-refractivity contribution in [3.8, 4) is 0 Å². The number of anilines is 1. The van der Waals surface area contributed by atoms with Crippen molar-refractivity contribution < 1.29 is 4.79 Å². The summed E-state index contributed by atoms with van der Waals surface area (Å²) in [6, 6.07) is 16.3. The van der Waals surface area contributed by atoms with Crippen LogP contribution in [0.5, 0.6) is 0 Å². The van der Waals surface area contributed by atoms with Crippen LogP contribution < -0.4 is 4.90 Å². The number of hydrogen-bond acceptors (Lipinski definition) is 2. The highest BCUT2D eigenvalue weighted by Gasteiger charge is 2.19. The quantitative estimate of drug-likeness (QED) is 0.605. The van der Waals surface area contributed by atoms with Gasteiger partial charge in [-0.25, -0.2) is 0 Å². The predicted molar refractivity (Wildman–Crippen MR) is 92.5 cm³/mol. The molecule has 0 saturated heterocycles. The molecule has 3 rings (SSSR count). The minimum atomic E-state index is 0.185. The van der Waals surface area contributed by atoms with E-state index in [0.717, 1.165) is 36.0 Å². The second-order valence-corrected chi connectivity index (χ2v) is 6.00. The molecular weight excluding hydrogens is 270 g/mol. The number of fused-ring (bicyclic) bond motifs is 1. The normalized spacial score (nSPS) is 16.3. The summed E-state index contributed by atoms with van der Waals surface area (Å²) in [5.41, 5.74) is 5.23. The first-order chi connectivity index (χ1) is 10.6. The van der Waals surface area contributed by atoms with Crippen molar-refractivity contribution in [1.29, 1.82) is 0 Å². The summed E-state index contributed by atoms with van der Waals surface area (Å²) in [6.07, 6.45) is 4.91. The third kappa shape index (κ3) is 2.96. The van der Waals surface area contributed by atoms with Crippen molar-refractivity contribution in [1.82, 2.24) is 0 Å². The first-order valence-corrected chi connectivity index (χ1v) is 7.76. The third-order valence-corrected chi connectivity index (χ3v) is 4.20. The number of carbonyl (C=O) groups excluding carboxylic acids is 1. The van der Waals surface area contributed by atoms with E-state index < -0.39 is 0 Å². The van der Waals surface area contributed by atoms with Crippen LogP contribution in [0.3, 0.4) is 0 Å². The van der Waals surface area contributed by atoms with Crippen LogP contribution in [-0.4, -0.2) is 19.9 Å². The van der Waals surface area contributed by atoms with Gasteiger partial charge in [0.15, 0.2) is 5.78 Å². The molecule has 1 aliphatic rings. The number of nitrogens with zero attached hydrogens (tertiary/aromatic N) is 1. The topological polar surface area (TPSA) is 20.3 Å². The molecule has 112 valence electrons. The van der Waals surface area contributed by atoms with E-state index in [2.05, 4.69) is 35.2 Å². The zero-order valence-corrected chi connectivity index (χ0v) is 13.2. The molecule has 0 unspecified atom stereocenters. The maximum Gasteiger partial charge on any atom is 0.189 e. The molecular formula is C20H21NO. The minimum Gasteiger partial charge on any atom is -0.378 e. The van der Waals surface area contributed by atoms with Crippen molar-refractivity contribution in [3.05, 3.63) is 70.8 Å². The lowest BCUT2D eigenvalue weighted by molar-refractivity contribution is 0.103. The van der Waals surface area contributed by atoms with E-state index in [1.807, 2.05) is 38.4 Å². The van der Waals surface area contributed by atoms with E-state index in [-0.39, 0.29) is 5.78 Å². The van der Waals surface area contributed by atoms with Gasteiger partial charge in [0, 0.05) is 30.9 Å². The first-order valence-electron chi connectivity index (χ1n) is 7.76. The van der Waals surface area contributed by atoms with Gasteiger partial charge in [-0.2, -0.15) is 0 Å². The highest BCUT2D eigenvalue weighted by Crippen LogP contribution is 2.26. The van der Waals surface area contributed by atoms with E-state index in [1.54, 1.807) is 0 Å². The highest BCUT2D eigenvalue weighted by atomic mass is 16.1. The van der Waals surface area contributed by atoms with Gasteiger partial charge in [-0.3, -0.25) is 4.79 Å². The fourth-order valence-corrected chi connectivity index (χ4v) is 2.92. The van der Waals surface area contributed by atoms with E-state index in [9.17, 15) is 4.79 Å². The number of hydrogen-bond donors (Lipinski definition) is 0. The molecule has 2 aromatic rings. The van der Waals surface area contributed by atoms with E-state index >= 15 is 0 Å². The Balaban J connectivity index is 1.92. The SMILES string of the molecule is CN(C)c1ccc(/C=C2\CCCc3ccccc3C2=O)cc1. The molecule has 2 aromatic carbocycles. The molecule has 2 heteroatoms. The Morgan fingerprint density at radius 3 is 2.41 bits per heavy atom. The van der Waals surface area contributed by atoms with Crippen LogP contribution >= 0.6 is 0 Å². The van der Waals surface area contributed by atoms with Crippen molar-refractivity contribution >= 4 is 17.5 Å². The molecule has 0 radical (unpaired) electrons. The smallest absolute Gasteiger partial charge is 0.189 e. The molecule has 1 aliphatic carbocycles. The standard InChI is InChI=1S/C20H21NO/c1-21(2)18-12-10-15(11-13-18)14-17-8-5-7-16-6-3-4-9-19(16)20(17)22/h3-4,6,9-14H,5,7-8H2,1-2H3/b17-14+. The van der Waals surface area contributed by atoms with Crippen molar-refractivity contribution in [2.45, 2.75) is 19.3 Å². The van der Waals surface area contributed by atoms with E-state index in [1.165, 1.54) is 11.3 Å². The van der Waals surface area contributed by atoms with E-state index in [0.29, 0.717) is 0 Å². The molecule has 22 heavy (non-hydrogen) atoms. The maximum atomic E-state index is 12.7. The van der Waals surface area contributed by atoms with Crippen LogP contribution in [0.1, 0.15) is 34.3 Å². The molecule has 0 saturated carbocycles. The van der Waals surface area contributed by atoms with Gasteiger partial charge in [-0.05, 0) is 48.6 Å². The molecule has 0 amide bonds. The molecule has 0 spiro atoms. The predicted octanol–water partition coefficient (Wildman–Crippen LogP) is 4.36. The van der Waals surface area contributed by atoms with Gasteiger partial charge < -0.3 is 4.90 Å². The highest BCUT2D eigenvalue weighted by molar-refractivity contribution is 6.12. The first kappa shape index (κ1) is 14.6. The Morgan fingerprint density at radius 1 is 0.955 bits per heavy atom. The fourth-order valence-electron chi connectivity index (χ4n) is 2.92. The summed E-state index contributed by atoms with van der Waals surface area (Å²) in [6.45, 7) is 0.